The van der Waals surface area contributed by atoms with Crippen LogP contribution in [0.3, 0.4) is 0 Å². The third kappa shape index (κ3) is 4.52. The topological polar surface area (TPSA) is 98.9 Å². The molecule has 2 aromatic carbocycles. The number of quaternary nitrogens is 1. The van der Waals surface area contributed by atoms with E-state index >= 15 is 0 Å². The van der Waals surface area contributed by atoms with Gasteiger partial charge in [-0.15, -0.1) is 5.84 Å². The van der Waals surface area contributed by atoms with Gasteiger partial charge in [-0.05, 0) is 60.3 Å². The number of hydrogen-bond acceptors (Lipinski definition) is 7. The van der Waals surface area contributed by atoms with Gasteiger partial charge in [-0.1, -0.05) is 29.8 Å². The summed E-state index contributed by atoms with van der Waals surface area (Å²) in [5.74, 6) is 6.38. The third-order valence-electron chi connectivity index (χ3n) is 5.74. The Balaban J connectivity index is 1.92. The Morgan fingerprint density at radius 2 is 1.78 bits per heavy atom. The number of fused-ring (bicyclic) bond motifs is 1. The van der Waals surface area contributed by atoms with Crippen molar-refractivity contribution in [1.29, 1.82) is 0 Å². The molecule has 0 bridgehead atoms. The average molecular weight is 463 g/mol. The lowest BCUT2D eigenvalue weighted by Crippen LogP contribution is -2.63. The van der Waals surface area contributed by atoms with Crippen molar-refractivity contribution in [1.82, 2.24) is 4.76 Å². The van der Waals surface area contributed by atoms with E-state index in [1.54, 1.807) is 32.9 Å². The fourth-order valence-electron chi connectivity index (χ4n) is 4.41. The van der Waals surface area contributed by atoms with Crippen LogP contribution in [0.5, 0.6) is 0 Å². The van der Waals surface area contributed by atoms with Crippen molar-refractivity contribution < 1.29 is 22.2 Å². The zero-order valence-corrected chi connectivity index (χ0v) is 20.1. The molecule has 1 aliphatic rings. The summed E-state index contributed by atoms with van der Waals surface area (Å²) in [4.78, 5) is 13.8. The van der Waals surface area contributed by atoms with Crippen molar-refractivity contribution in [3.63, 3.8) is 0 Å². The van der Waals surface area contributed by atoms with Gasteiger partial charge in [0.1, 0.15) is 10.6 Å². The van der Waals surface area contributed by atoms with E-state index in [1.807, 2.05) is 43.0 Å². The monoisotopic (exact) mass is 462 g/mol. The fraction of sp³-hybridized carbons (Fsp3) is 0.435. The van der Waals surface area contributed by atoms with E-state index in [4.69, 9.17) is 14.9 Å². The average Bonchev–Trinajstić information content (AvgIpc) is 2.88. The summed E-state index contributed by atoms with van der Waals surface area (Å²) in [5, 5.41) is 0. The van der Waals surface area contributed by atoms with Gasteiger partial charge in [-0.3, -0.25) is 4.79 Å². The number of anilines is 1. The maximum atomic E-state index is 13.4. The summed E-state index contributed by atoms with van der Waals surface area (Å²) in [6, 6.07) is 10.9. The Labute approximate surface area is 190 Å². The molecule has 1 heterocycles. The van der Waals surface area contributed by atoms with Crippen LogP contribution in [0.2, 0.25) is 0 Å². The molecule has 0 spiro atoms. The van der Waals surface area contributed by atoms with Gasteiger partial charge in [0.15, 0.2) is 0 Å². The molecule has 0 fully saturated rings. The van der Waals surface area contributed by atoms with Gasteiger partial charge < -0.3 is 9.64 Å². The summed E-state index contributed by atoms with van der Waals surface area (Å²) in [6.07, 6.45) is 0.279. The lowest BCUT2D eigenvalue weighted by molar-refractivity contribution is -0.143. The summed E-state index contributed by atoms with van der Waals surface area (Å²) in [7, 11) is -4.17. The summed E-state index contributed by atoms with van der Waals surface area (Å²) in [6.45, 7) is 9.84. The number of para-hydroxylation sites is 2. The molecule has 0 radical (unpaired) electrons. The molecule has 0 saturated carbocycles. The van der Waals surface area contributed by atoms with Crippen molar-refractivity contribution in [2.45, 2.75) is 58.5 Å². The second-order valence-electron chi connectivity index (χ2n) is 8.19. The van der Waals surface area contributed by atoms with Crippen LogP contribution < -0.4 is 15.5 Å². The van der Waals surface area contributed by atoms with Crippen molar-refractivity contribution in [2.75, 3.05) is 18.1 Å². The molecule has 1 aliphatic heterocycles. The van der Waals surface area contributed by atoms with Crippen LogP contribution >= 0.6 is 0 Å². The Bertz CT molecular complexity index is 1100. The van der Waals surface area contributed by atoms with Gasteiger partial charge in [0, 0.05) is 26.0 Å². The molecule has 0 aromatic heterocycles. The maximum Gasteiger partial charge on any atom is 0.346 e. The highest BCUT2D eigenvalue weighted by Crippen LogP contribution is 2.44. The van der Waals surface area contributed by atoms with Crippen molar-refractivity contribution in [2.24, 2.45) is 5.84 Å². The van der Waals surface area contributed by atoms with Crippen LogP contribution in [0.1, 0.15) is 43.4 Å². The summed E-state index contributed by atoms with van der Waals surface area (Å²) >= 11 is 0. The molecule has 2 unspecified atom stereocenters. The number of rotatable bonds is 8. The molecule has 0 amide bonds. The maximum absolute atomic E-state index is 13.4. The van der Waals surface area contributed by atoms with E-state index in [2.05, 4.69) is 0 Å². The molecule has 2 atom stereocenters. The first-order chi connectivity index (χ1) is 15.0. The molecule has 2 aromatic rings. The minimum Gasteiger partial charge on any atom is -0.466 e. The van der Waals surface area contributed by atoms with Crippen molar-refractivity contribution >= 4 is 27.5 Å². The lowest BCUT2D eigenvalue weighted by atomic mass is 10.1. The van der Waals surface area contributed by atoms with Gasteiger partial charge in [-0.25, -0.2) is 0 Å². The molecule has 2 N–H and O–H groups in total. The largest absolute Gasteiger partial charge is 0.466 e. The highest BCUT2D eigenvalue weighted by Gasteiger charge is 2.53. The van der Waals surface area contributed by atoms with E-state index in [-0.39, 0.29) is 17.3 Å². The van der Waals surface area contributed by atoms with Crippen molar-refractivity contribution in [3.05, 3.63) is 53.1 Å². The Hall–Kier alpha value is -2.46. The zero-order valence-electron chi connectivity index (χ0n) is 19.3. The van der Waals surface area contributed by atoms with E-state index in [0.717, 1.165) is 11.3 Å². The number of hydrogen-bond donors (Lipinski definition) is 1. The quantitative estimate of drug-likeness (QED) is 0.363. The molecule has 174 valence electrons. The van der Waals surface area contributed by atoms with Crippen LogP contribution in [0.15, 0.2) is 41.3 Å². The number of carbonyl (C=O) groups is 1. The molecule has 9 heteroatoms. The van der Waals surface area contributed by atoms with Crippen LogP contribution in [-0.4, -0.2) is 33.7 Å². The first-order valence-corrected chi connectivity index (χ1v) is 12.1. The first-order valence-electron chi connectivity index (χ1n) is 10.7. The first kappa shape index (κ1) is 24.2. The number of hydroxylamine groups is 1. The molecule has 32 heavy (non-hydrogen) atoms. The van der Waals surface area contributed by atoms with Gasteiger partial charge in [0.05, 0.1) is 6.61 Å². The van der Waals surface area contributed by atoms with E-state index in [1.165, 1.54) is 0 Å². The number of nitrogens with two attached hydrogens (primary N) is 1. The minimum atomic E-state index is -4.17. The normalized spacial score (nSPS) is 20.3. The van der Waals surface area contributed by atoms with Crippen molar-refractivity contribution in [3.8, 4) is 0 Å². The zero-order chi connectivity index (χ0) is 23.7. The highest BCUT2D eigenvalue weighted by molar-refractivity contribution is 7.86. The van der Waals surface area contributed by atoms with E-state index < -0.39 is 21.0 Å². The Kier molecular flexibility index (Phi) is 6.94. The highest BCUT2D eigenvalue weighted by atomic mass is 32.2. The molecular formula is C23H32N3O5S+. The van der Waals surface area contributed by atoms with Crippen LogP contribution in [0, 0.1) is 20.8 Å². The van der Waals surface area contributed by atoms with Crippen LogP contribution in [0.4, 0.5) is 11.4 Å². The van der Waals surface area contributed by atoms with E-state index in [0.29, 0.717) is 36.4 Å². The second kappa shape index (κ2) is 9.19. The second-order valence-corrected chi connectivity index (χ2v) is 9.65. The number of aryl methyl sites for hydroxylation is 3. The molecule has 3 rings (SSSR count). The fourth-order valence-corrected chi connectivity index (χ4v) is 5.92. The number of benzene rings is 2. The number of esters is 1. The van der Waals surface area contributed by atoms with E-state index in [9.17, 15) is 13.2 Å². The predicted octanol–water partition coefficient (Wildman–Crippen LogP) is 3.62. The molecule has 8 nitrogen and oxygen atoms in total. The van der Waals surface area contributed by atoms with Gasteiger partial charge in [-0.2, -0.15) is 8.42 Å². The van der Waals surface area contributed by atoms with Crippen LogP contribution in [0.25, 0.3) is 0 Å². The van der Waals surface area contributed by atoms with Gasteiger partial charge >= 0.3 is 16.1 Å². The van der Waals surface area contributed by atoms with Crippen LogP contribution in [-0.2, 0) is 23.9 Å². The Morgan fingerprint density at radius 1 is 1.16 bits per heavy atom. The number of carbonyl (C=O) groups excluding carboxylic acids is 1. The molecular weight excluding hydrogens is 430 g/mol. The molecule has 0 aliphatic carbocycles. The summed E-state index contributed by atoms with van der Waals surface area (Å²) in [5.41, 5.74) is 3.52. The van der Waals surface area contributed by atoms with Gasteiger partial charge in [0.2, 0.25) is 11.9 Å². The standard InChI is InChI=1S/C23H32N3O5S/c1-6-30-22(27)12-9-13-25-19(5)26(24,21-11-8-7-10-20(21)25)31-32(28,29)23-17(3)14-16(2)15-18(23)4/h7-8,10-11,14-15,19H,6,9,12-13,24H2,1-5H3/q+1. The number of ether oxygens (including phenoxy) is 1. The smallest absolute Gasteiger partial charge is 0.346 e. The van der Waals surface area contributed by atoms with Gasteiger partial charge in [0.25, 0.3) is 0 Å². The predicted molar refractivity (Wildman–Crippen MR) is 124 cm³/mol. The lowest BCUT2D eigenvalue weighted by Gasteiger charge is -2.31. The number of nitrogens with zero attached hydrogens (tertiary/aromatic N) is 2. The minimum absolute atomic E-state index is 0.136. The third-order valence-corrected chi connectivity index (χ3v) is 7.32. The molecule has 0 saturated heterocycles. The Morgan fingerprint density at radius 3 is 2.41 bits per heavy atom. The SMILES string of the molecule is CCOC(=O)CCCN1c2ccccc2[N+](N)(OS(=O)(=O)c2c(C)cc(C)cc2C)C1C. The summed E-state index contributed by atoms with van der Waals surface area (Å²) < 4.78 is 36.8.